The summed E-state index contributed by atoms with van der Waals surface area (Å²) in [4.78, 5) is 0. The molecule has 2 nitrogen and oxygen atoms in total. The van der Waals surface area contributed by atoms with Crippen LogP contribution in [0.3, 0.4) is 0 Å². The van der Waals surface area contributed by atoms with E-state index in [1.54, 1.807) is 0 Å². The fraction of sp³-hybridized carbons (Fsp3) is 0.500. The quantitative estimate of drug-likeness (QED) is 0.826. The summed E-state index contributed by atoms with van der Waals surface area (Å²) in [6.07, 6.45) is 7.32. The van der Waals surface area contributed by atoms with E-state index in [2.05, 4.69) is 24.4 Å². The number of benzene rings is 1. The van der Waals surface area contributed by atoms with Crippen molar-refractivity contribution in [3.8, 4) is 0 Å². The Morgan fingerprint density at radius 2 is 2.17 bits per heavy atom. The van der Waals surface area contributed by atoms with Gasteiger partial charge in [-0.05, 0) is 24.8 Å². The molecule has 96 valence electrons. The molecule has 0 spiro atoms. The van der Waals surface area contributed by atoms with Crippen LogP contribution in [0.1, 0.15) is 38.2 Å². The minimum absolute atomic E-state index is 0.658. The molecule has 1 aliphatic rings. The molecule has 2 heteroatoms. The van der Waals surface area contributed by atoms with Crippen LogP contribution in [0.15, 0.2) is 34.9 Å². The number of nitrogens with one attached hydrogen (secondary N) is 1. The summed E-state index contributed by atoms with van der Waals surface area (Å²) in [6.45, 7) is 3.19. The molecule has 18 heavy (non-hydrogen) atoms. The van der Waals surface area contributed by atoms with Gasteiger partial charge >= 0.3 is 0 Å². The lowest BCUT2D eigenvalue weighted by molar-refractivity contribution is 0.444. The third-order valence-corrected chi connectivity index (χ3v) is 3.95. The maximum absolute atomic E-state index is 5.57. The van der Waals surface area contributed by atoms with Crippen LogP contribution in [0.5, 0.6) is 0 Å². The molecule has 1 heterocycles. The molecule has 1 aliphatic carbocycles. The van der Waals surface area contributed by atoms with Gasteiger partial charge in [0.05, 0.1) is 6.26 Å². The molecule has 3 rings (SSSR count). The highest BCUT2D eigenvalue weighted by molar-refractivity contribution is 5.80. The van der Waals surface area contributed by atoms with Gasteiger partial charge in [0, 0.05) is 23.5 Å². The first-order valence-electron chi connectivity index (χ1n) is 7.05. The Hall–Kier alpha value is -1.28. The average molecular weight is 243 g/mol. The Morgan fingerprint density at radius 3 is 2.94 bits per heavy atom. The van der Waals surface area contributed by atoms with E-state index in [9.17, 15) is 0 Å². The molecule has 0 saturated heterocycles. The van der Waals surface area contributed by atoms with Crippen LogP contribution >= 0.6 is 0 Å². The molecule has 1 aromatic carbocycles. The lowest BCUT2D eigenvalue weighted by Gasteiger charge is -2.16. The van der Waals surface area contributed by atoms with Crippen LogP contribution in [0, 0.1) is 5.92 Å². The zero-order valence-electron chi connectivity index (χ0n) is 11.0. The lowest BCUT2D eigenvalue weighted by Crippen LogP contribution is -2.28. The molecule has 0 aliphatic heterocycles. The van der Waals surface area contributed by atoms with Gasteiger partial charge in [0.1, 0.15) is 5.58 Å². The molecule has 2 aromatic rings. The minimum Gasteiger partial charge on any atom is -0.464 e. The van der Waals surface area contributed by atoms with Gasteiger partial charge in [-0.2, -0.15) is 0 Å². The highest BCUT2D eigenvalue weighted by Crippen LogP contribution is 2.34. The Bertz CT molecular complexity index is 513. The largest absolute Gasteiger partial charge is 0.464 e. The van der Waals surface area contributed by atoms with Crippen molar-refractivity contribution >= 4 is 11.0 Å². The molecule has 0 amide bonds. The van der Waals surface area contributed by atoms with Gasteiger partial charge < -0.3 is 9.73 Å². The predicted octanol–water partition coefficient (Wildman–Crippen LogP) is 4.10. The van der Waals surface area contributed by atoms with Crippen molar-refractivity contribution in [1.29, 1.82) is 0 Å². The van der Waals surface area contributed by atoms with Crippen molar-refractivity contribution in [2.75, 3.05) is 0 Å². The fourth-order valence-corrected chi connectivity index (χ4v) is 2.57. The van der Waals surface area contributed by atoms with E-state index in [1.807, 2.05) is 18.4 Å². The van der Waals surface area contributed by atoms with E-state index in [-0.39, 0.29) is 0 Å². The molecule has 1 atom stereocenters. The second-order valence-corrected chi connectivity index (χ2v) is 5.42. The summed E-state index contributed by atoms with van der Waals surface area (Å²) in [5, 5.41) is 4.92. The second-order valence-electron chi connectivity index (χ2n) is 5.42. The third kappa shape index (κ3) is 2.59. The van der Waals surface area contributed by atoms with Crippen molar-refractivity contribution in [2.45, 2.75) is 45.2 Å². The standard InChI is InChI=1S/C16H21NO/c1-2-14(9-12-7-8-12)17-10-13-11-18-16-6-4-3-5-15(13)16/h3-6,11-12,14,17H,2,7-10H2,1H3. The van der Waals surface area contributed by atoms with E-state index in [1.165, 1.54) is 36.6 Å². The predicted molar refractivity (Wildman–Crippen MR) is 74.5 cm³/mol. The fourth-order valence-electron chi connectivity index (χ4n) is 2.57. The molecular formula is C16H21NO. The number of para-hydroxylation sites is 1. The number of fused-ring (bicyclic) bond motifs is 1. The number of hydrogen-bond donors (Lipinski definition) is 1. The average Bonchev–Trinajstić information content (AvgIpc) is 3.13. The topological polar surface area (TPSA) is 25.2 Å². The molecule has 1 unspecified atom stereocenters. The summed E-state index contributed by atoms with van der Waals surface area (Å²) in [6, 6.07) is 8.91. The zero-order valence-corrected chi connectivity index (χ0v) is 11.0. The smallest absolute Gasteiger partial charge is 0.134 e. The van der Waals surface area contributed by atoms with E-state index in [0.717, 1.165) is 18.0 Å². The molecule has 1 saturated carbocycles. The SMILES string of the molecule is CCC(CC1CC1)NCc1coc2ccccc12. The summed E-state index contributed by atoms with van der Waals surface area (Å²) in [7, 11) is 0. The third-order valence-electron chi connectivity index (χ3n) is 3.95. The van der Waals surface area contributed by atoms with Gasteiger partial charge in [-0.3, -0.25) is 0 Å². The molecular weight excluding hydrogens is 222 g/mol. The van der Waals surface area contributed by atoms with Crippen LogP contribution in [-0.2, 0) is 6.54 Å². The molecule has 1 aromatic heterocycles. The van der Waals surface area contributed by atoms with E-state index in [4.69, 9.17) is 4.42 Å². The van der Waals surface area contributed by atoms with Crippen LogP contribution in [0.2, 0.25) is 0 Å². The molecule has 1 fully saturated rings. The zero-order chi connectivity index (χ0) is 12.4. The highest BCUT2D eigenvalue weighted by Gasteiger charge is 2.24. The van der Waals surface area contributed by atoms with Crippen molar-refractivity contribution in [3.63, 3.8) is 0 Å². The maximum atomic E-state index is 5.57. The second kappa shape index (κ2) is 5.15. The summed E-state index contributed by atoms with van der Waals surface area (Å²) in [5.41, 5.74) is 2.27. The minimum atomic E-state index is 0.658. The molecule has 0 bridgehead atoms. The highest BCUT2D eigenvalue weighted by atomic mass is 16.3. The van der Waals surface area contributed by atoms with Crippen molar-refractivity contribution in [3.05, 3.63) is 36.1 Å². The first-order valence-corrected chi connectivity index (χ1v) is 7.05. The van der Waals surface area contributed by atoms with E-state index < -0.39 is 0 Å². The van der Waals surface area contributed by atoms with Crippen LogP contribution in [-0.4, -0.2) is 6.04 Å². The number of rotatable bonds is 6. The van der Waals surface area contributed by atoms with Gasteiger partial charge in [-0.1, -0.05) is 38.0 Å². The van der Waals surface area contributed by atoms with Gasteiger partial charge in [-0.25, -0.2) is 0 Å². The lowest BCUT2D eigenvalue weighted by atomic mass is 10.1. The van der Waals surface area contributed by atoms with Gasteiger partial charge in [0.15, 0.2) is 0 Å². The van der Waals surface area contributed by atoms with Crippen LogP contribution in [0.25, 0.3) is 11.0 Å². The maximum Gasteiger partial charge on any atom is 0.134 e. The summed E-state index contributed by atoms with van der Waals surface area (Å²) < 4.78 is 5.57. The van der Waals surface area contributed by atoms with Gasteiger partial charge in [0.2, 0.25) is 0 Å². The monoisotopic (exact) mass is 243 g/mol. The van der Waals surface area contributed by atoms with E-state index in [0.29, 0.717) is 6.04 Å². The Kier molecular flexibility index (Phi) is 3.37. The molecule has 0 radical (unpaired) electrons. The van der Waals surface area contributed by atoms with Crippen LogP contribution < -0.4 is 5.32 Å². The van der Waals surface area contributed by atoms with Crippen LogP contribution in [0.4, 0.5) is 0 Å². The number of furan rings is 1. The van der Waals surface area contributed by atoms with Gasteiger partial charge in [0.25, 0.3) is 0 Å². The van der Waals surface area contributed by atoms with Gasteiger partial charge in [-0.15, -0.1) is 0 Å². The van der Waals surface area contributed by atoms with E-state index >= 15 is 0 Å². The molecule has 1 N–H and O–H groups in total. The normalized spacial score (nSPS) is 17.2. The Balaban J connectivity index is 1.64. The Morgan fingerprint density at radius 1 is 1.33 bits per heavy atom. The first-order chi connectivity index (χ1) is 8.86. The number of hydrogen-bond acceptors (Lipinski definition) is 2. The first kappa shape index (κ1) is 11.8. The summed E-state index contributed by atoms with van der Waals surface area (Å²) >= 11 is 0. The Labute approximate surface area is 108 Å². The summed E-state index contributed by atoms with van der Waals surface area (Å²) in [5.74, 6) is 0.989. The van der Waals surface area contributed by atoms with Crippen molar-refractivity contribution < 1.29 is 4.42 Å². The van der Waals surface area contributed by atoms with Crippen molar-refractivity contribution in [1.82, 2.24) is 5.32 Å². The van der Waals surface area contributed by atoms with Crippen molar-refractivity contribution in [2.24, 2.45) is 5.92 Å².